The number of rotatable bonds is 2. The van der Waals surface area contributed by atoms with Gasteiger partial charge in [0.05, 0.1) is 0 Å². The molecule has 4 aromatic rings. The Morgan fingerprint density at radius 3 is 2.00 bits per heavy atom. The maximum atomic E-state index is 15.6. The lowest BCUT2D eigenvalue weighted by molar-refractivity contribution is 0.253. The third-order valence-electron chi connectivity index (χ3n) is 5.95. The van der Waals surface area contributed by atoms with E-state index in [1.54, 1.807) is 24.3 Å². The second-order valence-corrected chi connectivity index (χ2v) is 8.18. The lowest BCUT2D eigenvalue weighted by atomic mass is 9.79. The van der Waals surface area contributed by atoms with Gasteiger partial charge >= 0.3 is 0 Å². The average molecular weight is 436 g/mol. The predicted octanol–water partition coefficient (Wildman–Crippen LogP) is 8.45. The molecular formula is C27H17F5. The Morgan fingerprint density at radius 2 is 1.31 bits per heavy atom. The number of alkyl halides is 1. The monoisotopic (exact) mass is 436 g/mol. The van der Waals surface area contributed by atoms with E-state index < -0.39 is 35.4 Å². The van der Waals surface area contributed by atoms with Crippen LogP contribution in [0.25, 0.3) is 38.2 Å². The molecule has 0 aliphatic heterocycles. The summed E-state index contributed by atoms with van der Waals surface area (Å²) in [6.45, 7) is 1.31. The Labute approximate surface area is 181 Å². The normalized spacial score (nSPS) is 18.7. The summed E-state index contributed by atoms with van der Waals surface area (Å²) in [6.07, 6.45) is 2.22. The minimum Gasteiger partial charge on any atom is -0.238 e. The van der Waals surface area contributed by atoms with Crippen LogP contribution in [0.4, 0.5) is 22.0 Å². The van der Waals surface area contributed by atoms with Gasteiger partial charge in [-0.3, -0.25) is 0 Å². The van der Waals surface area contributed by atoms with Crippen LogP contribution in [-0.4, -0.2) is 5.67 Å². The molecule has 0 spiro atoms. The summed E-state index contributed by atoms with van der Waals surface area (Å²) in [5.41, 5.74) is -0.745. The summed E-state index contributed by atoms with van der Waals surface area (Å²) in [4.78, 5) is 0. The van der Waals surface area contributed by atoms with E-state index in [2.05, 4.69) is 0 Å². The first-order chi connectivity index (χ1) is 15.3. The van der Waals surface area contributed by atoms with E-state index in [1.165, 1.54) is 43.3 Å². The smallest absolute Gasteiger partial charge is 0.140 e. The molecule has 0 aromatic heterocycles. The first kappa shape index (κ1) is 20.4. The van der Waals surface area contributed by atoms with E-state index in [1.807, 2.05) is 0 Å². The van der Waals surface area contributed by atoms with E-state index in [-0.39, 0.29) is 11.1 Å². The summed E-state index contributed by atoms with van der Waals surface area (Å²) < 4.78 is 72.3. The van der Waals surface area contributed by atoms with Crippen molar-refractivity contribution in [2.45, 2.75) is 19.0 Å². The van der Waals surface area contributed by atoms with Crippen LogP contribution in [0.2, 0.25) is 0 Å². The highest BCUT2D eigenvalue weighted by Crippen LogP contribution is 2.48. The molecule has 1 aliphatic rings. The topological polar surface area (TPSA) is 0 Å². The summed E-state index contributed by atoms with van der Waals surface area (Å²) in [5.74, 6) is -2.62. The molecule has 0 heterocycles. The highest BCUT2D eigenvalue weighted by Gasteiger charge is 2.35. The van der Waals surface area contributed by atoms with Gasteiger partial charge in [0.2, 0.25) is 0 Å². The summed E-state index contributed by atoms with van der Waals surface area (Å²) in [7, 11) is 0. The molecule has 0 N–H and O–H groups in total. The largest absolute Gasteiger partial charge is 0.238 e. The molecule has 4 aromatic carbocycles. The zero-order chi connectivity index (χ0) is 22.6. The van der Waals surface area contributed by atoms with E-state index in [4.69, 9.17) is 0 Å². The van der Waals surface area contributed by atoms with Crippen molar-refractivity contribution in [1.29, 1.82) is 0 Å². The Hall–Kier alpha value is -3.47. The van der Waals surface area contributed by atoms with Crippen molar-refractivity contribution >= 4 is 27.1 Å². The lowest BCUT2D eigenvalue weighted by Gasteiger charge is -2.29. The van der Waals surface area contributed by atoms with Gasteiger partial charge in [0.1, 0.15) is 28.9 Å². The van der Waals surface area contributed by atoms with Crippen LogP contribution in [0.15, 0.2) is 78.6 Å². The van der Waals surface area contributed by atoms with Crippen LogP contribution in [-0.2, 0) is 0 Å². The molecule has 1 atom stereocenters. The molecule has 0 amide bonds. The first-order valence-corrected chi connectivity index (χ1v) is 10.1. The van der Waals surface area contributed by atoms with Crippen molar-refractivity contribution in [1.82, 2.24) is 0 Å². The summed E-state index contributed by atoms with van der Waals surface area (Å²) in [6, 6.07) is 14.3. The third kappa shape index (κ3) is 3.20. The number of allylic oxidation sites excluding steroid dienone is 4. The van der Waals surface area contributed by atoms with Crippen LogP contribution < -0.4 is 0 Å². The quantitative estimate of drug-likeness (QED) is 0.218. The van der Waals surface area contributed by atoms with Crippen LogP contribution in [0, 0.1) is 17.5 Å². The number of halogens is 5. The van der Waals surface area contributed by atoms with Crippen LogP contribution in [0.3, 0.4) is 0 Å². The lowest BCUT2D eigenvalue weighted by Crippen LogP contribution is -2.23. The van der Waals surface area contributed by atoms with Gasteiger partial charge in [-0.2, -0.15) is 0 Å². The highest BCUT2D eigenvalue weighted by molar-refractivity contribution is 6.19. The molecule has 32 heavy (non-hydrogen) atoms. The van der Waals surface area contributed by atoms with Crippen LogP contribution in [0.5, 0.6) is 0 Å². The molecule has 0 bridgehead atoms. The van der Waals surface area contributed by atoms with Crippen molar-refractivity contribution in [3.8, 4) is 11.1 Å². The molecule has 1 aliphatic carbocycles. The maximum absolute atomic E-state index is 15.6. The van der Waals surface area contributed by atoms with Gasteiger partial charge in [-0.05, 0) is 69.9 Å². The molecule has 1 unspecified atom stereocenters. The van der Waals surface area contributed by atoms with E-state index in [0.717, 1.165) is 12.1 Å². The predicted molar refractivity (Wildman–Crippen MR) is 118 cm³/mol. The molecule has 0 saturated heterocycles. The van der Waals surface area contributed by atoms with Crippen LogP contribution in [0.1, 0.15) is 18.9 Å². The van der Waals surface area contributed by atoms with Gasteiger partial charge in [0.15, 0.2) is 0 Å². The van der Waals surface area contributed by atoms with Crippen molar-refractivity contribution in [3.63, 3.8) is 0 Å². The Kier molecular flexibility index (Phi) is 4.66. The van der Waals surface area contributed by atoms with Gasteiger partial charge in [-0.1, -0.05) is 36.4 Å². The zero-order valence-electron chi connectivity index (χ0n) is 17.0. The minimum absolute atomic E-state index is 0.108. The van der Waals surface area contributed by atoms with Crippen molar-refractivity contribution in [2.24, 2.45) is 0 Å². The summed E-state index contributed by atoms with van der Waals surface area (Å²) >= 11 is 0. The van der Waals surface area contributed by atoms with Crippen molar-refractivity contribution in [3.05, 3.63) is 102 Å². The van der Waals surface area contributed by atoms with E-state index >= 15 is 4.39 Å². The van der Waals surface area contributed by atoms with Gasteiger partial charge in [0, 0.05) is 23.6 Å². The second-order valence-electron chi connectivity index (χ2n) is 8.18. The fraction of sp³-hybridized carbons (Fsp3) is 0.111. The number of fused-ring (bicyclic) bond motifs is 2. The number of hydrogen-bond donors (Lipinski definition) is 0. The molecule has 160 valence electrons. The molecule has 0 fully saturated rings. The SMILES string of the molecule is CC1(F)CC(F)=CC=C1c1c2ccccc2c(-c2ccc(F)cc2F)c2cc(F)ccc12. The minimum atomic E-state index is -1.99. The van der Waals surface area contributed by atoms with Gasteiger partial charge in [0.25, 0.3) is 0 Å². The fourth-order valence-corrected chi connectivity index (χ4v) is 4.59. The molecule has 5 rings (SSSR count). The van der Waals surface area contributed by atoms with E-state index in [9.17, 15) is 17.6 Å². The van der Waals surface area contributed by atoms with E-state index in [0.29, 0.717) is 32.7 Å². The third-order valence-corrected chi connectivity index (χ3v) is 5.95. The summed E-state index contributed by atoms with van der Waals surface area (Å²) in [5, 5.41) is 2.01. The van der Waals surface area contributed by atoms with Gasteiger partial charge < -0.3 is 0 Å². The molecule has 0 saturated carbocycles. The van der Waals surface area contributed by atoms with Gasteiger partial charge in [-0.15, -0.1) is 0 Å². The number of benzene rings is 4. The Morgan fingerprint density at radius 1 is 0.688 bits per heavy atom. The van der Waals surface area contributed by atoms with Crippen molar-refractivity contribution in [2.75, 3.05) is 0 Å². The first-order valence-electron chi connectivity index (χ1n) is 10.1. The van der Waals surface area contributed by atoms with Gasteiger partial charge in [-0.25, -0.2) is 22.0 Å². The molecular weight excluding hydrogens is 419 g/mol. The highest BCUT2D eigenvalue weighted by atomic mass is 19.2. The standard InChI is InChI=1S/C27H17F5/c1-27(32)14-17(30)8-11-23(27)26-19-5-3-2-4-18(19)25(21-10-7-16(29)13-24(21)31)22-12-15(28)6-9-20(22)26/h2-13H,14H2,1H3. The second kappa shape index (κ2) is 7.30. The maximum Gasteiger partial charge on any atom is 0.140 e. The van der Waals surface area contributed by atoms with Crippen LogP contribution >= 0.6 is 0 Å². The Balaban J connectivity index is 1.99. The fourth-order valence-electron chi connectivity index (χ4n) is 4.59. The average Bonchev–Trinajstić information content (AvgIpc) is 2.73. The number of hydrogen-bond acceptors (Lipinski definition) is 0. The molecule has 0 radical (unpaired) electrons. The molecule has 5 heteroatoms. The zero-order valence-corrected chi connectivity index (χ0v) is 17.0. The molecule has 0 nitrogen and oxygen atoms in total. The Bertz CT molecular complexity index is 1460. The van der Waals surface area contributed by atoms with Crippen molar-refractivity contribution < 1.29 is 22.0 Å².